The summed E-state index contributed by atoms with van der Waals surface area (Å²) in [5, 5.41) is 4.54. The molecule has 3 N–H and O–H groups in total. The summed E-state index contributed by atoms with van der Waals surface area (Å²) in [5.74, 6) is 0.0838. The van der Waals surface area contributed by atoms with Crippen LogP contribution >= 0.6 is 0 Å². The fraction of sp³-hybridized carbons (Fsp3) is 0.310. The molecule has 0 saturated carbocycles. The van der Waals surface area contributed by atoms with Crippen LogP contribution in [0.1, 0.15) is 70.5 Å². The minimum atomic E-state index is -0.503. The molecule has 6 heterocycles. The van der Waals surface area contributed by atoms with Crippen molar-refractivity contribution in [3.05, 3.63) is 87.6 Å². The number of nitrogen functional groups attached to an aromatic ring is 1. The number of pyridine rings is 1. The van der Waals surface area contributed by atoms with Gasteiger partial charge < -0.3 is 20.4 Å². The maximum Gasteiger partial charge on any atom is 0.279 e. The third-order valence-corrected chi connectivity index (χ3v) is 7.74. The van der Waals surface area contributed by atoms with Crippen LogP contribution in [0.25, 0.3) is 11.2 Å². The van der Waals surface area contributed by atoms with Gasteiger partial charge in [-0.3, -0.25) is 19.6 Å². The van der Waals surface area contributed by atoms with Gasteiger partial charge in [-0.05, 0) is 37.3 Å². The van der Waals surface area contributed by atoms with E-state index in [0.717, 1.165) is 40.7 Å². The highest BCUT2D eigenvalue weighted by molar-refractivity contribution is 6.12. The number of nitrogens with one attached hydrogen (secondary N) is 1. The SMILES string of the molecule is Nc1c(CCC=O)c(C2CCN(C(=O)c3ncc[nH]c3=O)CC2)nc2c(C3=CCC(c4cccnc4)N=C3)cnn12. The minimum Gasteiger partial charge on any atom is -0.383 e. The Kier molecular flexibility index (Phi) is 7.19. The van der Waals surface area contributed by atoms with Crippen molar-refractivity contribution in [3.63, 3.8) is 0 Å². The van der Waals surface area contributed by atoms with Crippen LogP contribution < -0.4 is 11.3 Å². The number of aromatic amines is 1. The quantitative estimate of drug-likeness (QED) is 0.331. The molecule has 4 aromatic heterocycles. The topological polar surface area (TPSA) is 165 Å². The lowest BCUT2D eigenvalue weighted by molar-refractivity contribution is -0.107. The van der Waals surface area contributed by atoms with Gasteiger partial charge in [0.2, 0.25) is 0 Å². The van der Waals surface area contributed by atoms with Gasteiger partial charge in [0.25, 0.3) is 11.5 Å². The Bertz CT molecular complexity index is 1720. The van der Waals surface area contributed by atoms with E-state index in [4.69, 9.17) is 15.7 Å². The monoisotopic (exact) mass is 551 g/mol. The molecule has 1 amide bonds. The van der Waals surface area contributed by atoms with E-state index < -0.39 is 5.56 Å². The number of amides is 1. The van der Waals surface area contributed by atoms with Gasteiger partial charge in [0.05, 0.1) is 17.9 Å². The minimum absolute atomic E-state index is 0.00684. The first-order valence-corrected chi connectivity index (χ1v) is 13.6. The Hall–Kier alpha value is -5.00. The van der Waals surface area contributed by atoms with Crippen molar-refractivity contribution in [1.82, 2.24) is 34.4 Å². The van der Waals surface area contributed by atoms with Gasteiger partial charge in [-0.15, -0.1) is 0 Å². The Labute approximate surface area is 235 Å². The van der Waals surface area contributed by atoms with Crippen LogP contribution in [-0.4, -0.2) is 65.9 Å². The van der Waals surface area contributed by atoms with Crippen molar-refractivity contribution in [2.45, 2.75) is 44.1 Å². The Balaban J connectivity index is 1.29. The molecule has 1 unspecified atom stereocenters. The molecule has 0 radical (unpaired) electrons. The first-order chi connectivity index (χ1) is 20.0. The Morgan fingerprint density at radius 3 is 2.76 bits per heavy atom. The van der Waals surface area contributed by atoms with Crippen molar-refractivity contribution in [3.8, 4) is 0 Å². The van der Waals surface area contributed by atoms with Crippen molar-refractivity contribution < 1.29 is 9.59 Å². The van der Waals surface area contributed by atoms with E-state index in [9.17, 15) is 14.4 Å². The van der Waals surface area contributed by atoms with Crippen LogP contribution in [0.4, 0.5) is 5.82 Å². The molecule has 4 aromatic rings. The first kappa shape index (κ1) is 26.2. The summed E-state index contributed by atoms with van der Waals surface area (Å²) in [6, 6.07) is 3.93. The smallest absolute Gasteiger partial charge is 0.279 e. The fourth-order valence-corrected chi connectivity index (χ4v) is 5.57. The van der Waals surface area contributed by atoms with Crippen LogP contribution in [0.3, 0.4) is 0 Å². The van der Waals surface area contributed by atoms with Crippen LogP contribution in [0.2, 0.25) is 0 Å². The number of allylic oxidation sites excluding steroid dienone is 1. The van der Waals surface area contributed by atoms with Gasteiger partial charge in [-0.1, -0.05) is 12.1 Å². The maximum absolute atomic E-state index is 12.9. The number of piperidine rings is 1. The van der Waals surface area contributed by atoms with E-state index >= 15 is 0 Å². The molecule has 0 spiro atoms. The predicted octanol–water partition coefficient (Wildman–Crippen LogP) is 2.54. The van der Waals surface area contributed by atoms with Crippen molar-refractivity contribution in [2.75, 3.05) is 18.8 Å². The highest BCUT2D eigenvalue weighted by Gasteiger charge is 2.30. The van der Waals surface area contributed by atoms with Crippen LogP contribution in [-0.2, 0) is 11.2 Å². The zero-order valence-electron chi connectivity index (χ0n) is 22.3. The summed E-state index contributed by atoms with van der Waals surface area (Å²) in [6.07, 6.45) is 15.7. The number of aliphatic imine (C=N–C) groups is 1. The normalized spacial score (nSPS) is 17.5. The molecule has 6 rings (SSSR count). The lowest BCUT2D eigenvalue weighted by atomic mass is 9.89. The highest BCUT2D eigenvalue weighted by atomic mass is 16.2. The van der Waals surface area contributed by atoms with E-state index in [1.165, 1.54) is 12.4 Å². The molecule has 0 bridgehead atoms. The second-order valence-electron chi connectivity index (χ2n) is 10.2. The molecule has 1 saturated heterocycles. The number of aldehydes is 1. The fourth-order valence-electron chi connectivity index (χ4n) is 5.57. The van der Waals surface area contributed by atoms with Crippen LogP contribution in [0.15, 0.2) is 59.0 Å². The Morgan fingerprint density at radius 2 is 2.05 bits per heavy atom. The van der Waals surface area contributed by atoms with E-state index in [0.29, 0.717) is 50.2 Å². The molecule has 41 heavy (non-hydrogen) atoms. The molecule has 1 fully saturated rings. The predicted molar refractivity (Wildman–Crippen MR) is 153 cm³/mol. The summed E-state index contributed by atoms with van der Waals surface area (Å²) in [7, 11) is 0. The molecule has 1 atom stereocenters. The summed E-state index contributed by atoms with van der Waals surface area (Å²) in [4.78, 5) is 58.5. The number of nitrogens with zero attached hydrogens (tertiary/aromatic N) is 7. The standard InChI is InChI=1S/C29H29N9O3/c30-26-21(4-2-14-39)24(18-7-12-37(13-8-18)29(41)25-28(40)33-11-10-32-25)36-27-22(17-35-38(26)27)19-5-6-23(34-16-19)20-3-1-9-31-15-20/h1,3,5,9-11,14-18,23H,2,4,6-8,12-13,30H2,(H,33,40). The van der Waals surface area contributed by atoms with Crippen LogP contribution in [0.5, 0.6) is 0 Å². The number of dihydropyridines is 1. The lowest BCUT2D eigenvalue weighted by Crippen LogP contribution is -2.41. The number of rotatable bonds is 7. The first-order valence-electron chi connectivity index (χ1n) is 13.6. The van der Waals surface area contributed by atoms with Crippen LogP contribution in [0, 0.1) is 0 Å². The molecular formula is C29H29N9O3. The van der Waals surface area contributed by atoms with Gasteiger partial charge >= 0.3 is 0 Å². The number of carbonyl (C=O) groups excluding carboxylic acids is 2. The van der Waals surface area contributed by atoms with Gasteiger partial charge in [-0.25, -0.2) is 9.97 Å². The summed E-state index contributed by atoms with van der Waals surface area (Å²) < 4.78 is 1.63. The summed E-state index contributed by atoms with van der Waals surface area (Å²) >= 11 is 0. The van der Waals surface area contributed by atoms with Crippen molar-refractivity contribution in [2.24, 2.45) is 4.99 Å². The zero-order chi connectivity index (χ0) is 28.3. The number of carbonyl (C=O) groups is 2. The third-order valence-electron chi connectivity index (χ3n) is 7.74. The number of fused-ring (bicyclic) bond motifs is 1. The number of aromatic nitrogens is 6. The van der Waals surface area contributed by atoms with E-state index in [-0.39, 0.29) is 23.6 Å². The molecule has 12 heteroatoms. The number of anilines is 1. The van der Waals surface area contributed by atoms with Gasteiger partial charge in [0.15, 0.2) is 11.3 Å². The van der Waals surface area contributed by atoms with E-state index in [2.05, 4.69) is 26.1 Å². The molecule has 2 aliphatic rings. The number of H-pyrrole nitrogens is 1. The van der Waals surface area contributed by atoms with Gasteiger partial charge in [0.1, 0.15) is 12.1 Å². The number of nitrogens with two attached hydrogens (primary N) is 1. The average Bonchev–Trinajstić information content (AvgIpc) is 3.45. The van der Waals surface area contributed by atoms with Crippen molar-refractivity contribution in [1.29, 1.82) is 0 Å². The molecule has 12 nitrogen and oxygen atoms in total. The number of likely N-dealkylation sites (tertiary alicyclic amines) is 1. The van der Waals surface area contributed by atoms with Gasteiger partial charge in [-0.2, -0.15) is 9.61 Å². The molecule has 2 aliphatic heterocycles. The van der Waals surface area contributed by atoms with E-state index in [1.807, 2.05) is 24.5 Å². The summed E-state index contributed by atoms with van der Waals surface area (Å²) in [6.45, 7) is 0.887. The third kappa shape index (κ3) is 5.04. The maximum atomic E-state index is 12.9. The van der Waals surface area contributed by atoms with E-state index in [1.54, 1.807) is 21.8 Å². The summed E-state index contributed by atoms with van der Waals surface area (Å²) in [5.41, 5.74) is 11.1. The molecule has 0 aliphatic carbocycles. The molecule has 208 valence electrons. The number of hydrogen-bond donors (Lipinski definition) is 2. The zero-order valence-corrected chi connectivity index (χ0v) is 22.3. The second kappa shape index (κ2) is 11.2. The molecule has 0 aromatic carbocycles. The second-order valence-corrected chi connectivity index (χ2v) is 10.2. The molecular weight excluding hydrogens is 522 g/mol. The lowest BCUT2D eigenvalue weighted by Gasteiger charge is -2.32. The average molecular weight is 552 g/mol. The van der Waals surface area contributed by atoms with Crippen molar-refractivity contribution >= 4 is 35.4 Å². The largest absolute Gasteiger partial charge is 0.383 e. The Morgan fingerprint density at radius 1 is 1.20 bits per heavy atom. The highest BCUT2D eigenvalue weighted by Crippen LogP contribution is 2.35. The number of hydrogen-bond acceptors (Lipinski definition) is 9. The van der Waals surface area contributed by atoms with Gasteiger partial charge in [0, 0.05) is 73.1 Å².